The third-order valence-electron chi connectivity index (χ3n) is 6.67. The highest BCUT2D eigenvalue weighted by Crippen LogP contribution is 2.36. The van der Waals surface area contributed by atoms with E-state index in [1.54, 1.807) is 29.3 Å². The van der Waals surface area contributed by atoms with E-state index in [0.717, 1.165) is 31.9 Å². The molecule has 2 heterocycles. The number of morpholine rings is 1. The number of hydrogen-bond donors (Lipinski definition) is 1. The summed E-state index contributed by atoms with van der Waals surface area (Å²) in [5.74, 6) is 0.00558. The lowest BCUT2D eigenvalue weighted by atomic mass is 9.87. The first-order valence-electron chi connectivity index (χ1n) is 11.9. The number of benzene rings is 1. The molecule has 1 aromatic carbocycles. The lowest BCUT2D eigenvalue weighted by Crippen LogP contribution is -2.42. The van der Waals surface area contributed by atoms with Gasteiger partial charge < -0.3 is 15.0 Å². The van der Waals surface area contributed by atoms with Crippen LogP contribution in [0.2, 0.25) is 5.02 Å². The molecular weight excluding hydrogens is 492 g/mol. The van der Waals surface area contributed by atoms with Crippen LogP contribution < -0.4 is 5.32 Å². The summed E-state index contributed by atoms with van der Waals surface area (Å²) in [7, 11) is -3.47. The number of sulfone groups is 1. The van der Waals surface area contributed by atoms with E-state index in [-0.39, 0.29) is 28.3 Å². The maximum Gasteiger partial charge on any atom is 0.244 e. The van der Waals surface area contributed by atoms with Gasteiger partial charge in [0.05, 0.1) is 29.0 Å². The Morgan fingerprint density at radius 2 is 1.91 bits per heavy atom. The first-order valence-corrected chi connectivity index (χ1v) is 14.2. The molecule has 0 radical (unpaired) electrons. The first-order chi connectivity index (χ1) is 16.7. The van der Waals surface area contributed by atoms with Crippen molar-refractivity contribution in [3.05, 3.63) is 41.0 Å². The Labute approximate surface area is 210 Å². The van der Waals surface area contributed by atoms with Crippen molar-refractivity contribution in [1.29, 1.82) is 0 Å². The molecule has 1 aliphatic carbocycles. The van der Waals surface area contributed by atoms with Crippen LogP contribution in [-0.4, -0.2) is 67.5 Å². The SMILES string of the molecule is CS(=O)(=O)c1ccc([C@@H](CC2CCCC2)C(=O)Nc2ccn(CC(=O)N3CCOCC3)n2)cc1Cl. The molecule has 4 rings (SSSR count). The summed E-state index contributed by atoms with van der Waals surface area (Å²) < 4.78 is 30.7. The Hall–Kier alpha value is -2.43. The zero-order valence-electron chi connectivity index (χ0n) is 19.8. The van der Waals surface area contributed by atoms with Gasteiger partial charge in [0.15, 0.2) is 15.7 Å². The number of nitrogens with zero attached hydrogens (tertiary/aromatic N) is 3. The van der Waals surface area contributed by atoms with Crippen molar-refractivity contribution in [2.45, 2.75) is 49.5 Å². The molecule has 11 heteroatoms. The van der Waals surface area contributed by atoms with Crippen molar-refractivity contribution in [3.8, 4) is 0 Å². The van der Waals surface area contributed by atoms with Crippen molar-refractivity contribution in [1.82, 2.24) is 14.7 Å². The Morgan fingerprint density at radius 1 is 1.20 bits per heavy atom. The minimum absolute atomic E-state index is 0.0472. The van der Waals surface area contributed by atoms with E-state index in [2.05, 4.69) is 10.4 Å². The van der Waals surface area contributed by atoms with Gasteiger partial charge in [-0.2, -0.15) is 5.10 Å². The van der Waals surface area contributed by atoms with Crippen LogP contribution >= 0.6 is 11.6 Å². The van der Waals surface area contributed by atoms with Gasteiger partial charge in [0.1, 0.15) is 6.54 Å². The maximum absolute atomic E-state index is 13.4. The molecule has 1 saturated carbocycles. The number of anilines is 1. The molecule has 0 spiro atoms. The van der Waals surface area contributed by atoms with Gasteiger partial charge in [0.25, 0.3) is 0 Å². The minimum Gasteiger partial charge on any atom is -0.378 e. The second-order valence-electron chi connectivity index (χ2n) is 9.28. The van der Waals surface area contributed by atoms with E-state index in [1.165, 1.54) is 10.7 Å². The van der Waals surface area contributed by atoms with Crippen LogP contribution in [0.15, 0.2) is 35.4 Å². The smallest absolute Gasteiger partial charge is 0.244 e. The standard InChI is InChI=1S/C24H31ClN4O5S/c1-35(32,33)21-7-6-18(15-20(21)25)19(14-17-4-2-3-5-17)24(31)26-22-8-9-29(27-22)16-23(30)28-10-12-34-13-11-28/h6-9,15,17,19H,2-5,10-14,16H2,1H3,(H,26,27,31)/t19-/m1/s1. The van der Waals surface area contributed by atoms with Gasteiger partial charge in [-0.15, -0.1) is 0 Å². The van der Waals surface area contributed by atoms with Gasteiger partial charge in [-0.05, 0) is 30.0 Å². The highest BCUT2D eigenvalue weighted by molar-refractivity contribution is 7.90. The molecule has 2 aliphatic rings. The van der Waals surface area contributed by atoms with E-state index in [9.17, 15) is 18.0 Å². The molecule has 0 unspecified atom stereocenters. The molecule has 35 heavy (non-hydrogen) atoms. The van der Waals surface area contributed by atoms with Crippen molar-refractivity contribution in [2.75, 3.05) is 37.9 Å². The Kier molecular flexibility index (Phi) is 8.13. The predicted octanol–water partition coefficient (Wildman–Crippen LogP) is 3.10. The molecule has 1 N–H and O–H groups in total. The van der Waals surface area contributed by atoms with Gasteiger partial charge in [-0.1, -0.05) is 43.4 Å². The maximum atomic E-state index is 13.4. The second-order valence-corrected chi connectivity index (χ2v) is 11.7. The fourth-order valence-corrected chi connectivity index (χ4v) is 6.13. The largest absolute Gasteiger partial charge is 0.378 e. The van der Waals surface area contributed by atoms with Gasteiger partial charge >= 0.3 is 0 Å². The molecule has 1 atom stereocenters. The molecule has 1 aliphatic heterocycles. The number of halogens is 1. The summed E-state index contributed by atoms with van der Waals surface area (Å²) in [6.45, 7) is 2.28. The number of hydrogen-bond acceptors (Lipinski definition) is 6. The zero-order chi connectivity index (χ0) is 25.0. The first kappa shape index (κ1) is 25.7. The number of aromatic nitrogens is 2. The van der Waals surface area contributed by atoms with Crippen LogP contribution in [0.25, 0.3) is 0 Å². The molecule has 1 aromatic heterocycles. The summed E-state index contributed by atoms with van der Waals surface area (Å²) in [6.07, 6.45) is 7.85. The number of ether oxygens (including phenoxy) is 1. The van der Waals surface area contributed by atoms with E-state index in [0.29, 0.717) is 50.0 Å². The quantitative estimate of drug-likeness (QED) is 0.570. The molecular formula is C24H31ClN4O5S. The highest BCUT2D eigenvalue weighted by Gasteiger charge is 2.28. The van der Waals surface area contributed by atoms with Gasteiger partial charge in [-0.25, -0.2) is 8.42 Å². The Balaban J connectivity index is 1.48. The molecule has 2 amide bonds. The Bertz CT molecular complexity index is 1170. The van der Waals surface area contributed by atoms with Crippen molar-refractivity contribution < 1.29 is 22.7 Å². The Morgan fingerprint density at radius 3 is 2.57 bits per heavy atom. The van der Waals surface area contributed by atoms with Crippen molar-refractivity contribution in [3.63, 3.8) is 0 Å². The van der Waals surface area contributed by atoms with Gasteiger partial charge in [-0.3, -0.25) is 14.3 Å². The van der Waals surface area contributed by atoms with Crippen LogP contribution in [0.1, 0.15) is 43.6 Å². The summed E-state index contributed by atoms with van der Waals surface area (Å²) >= 11 is 6.29. The molecule has 190 valence electrons. The van der Waals surface area contributed by atoms with Crippen LogP contribution in [-0.2, 0) is 30.7 Å². The van der Waals surface area contributed by atoms with Crippen LogP contribution in [0.4, 0.5) is 5.82 Å². The normalized spacial score (nSPS) is 17.9. The monoisotopic (exact) mass is 522 g/mol. The summed E-state index contributed by atoms with van der Waals surface area (Å²) in [5, 5.41) is 7.34. The van der Waals surface area contributed by atoms with E-state index >= 15 is 0 Å². The molecule has 0 bridgehead atoms. The van der Waals surface area contributed by atoms with Gasteiger partial charge in [0.2, 0.25) is 11.8 Å². The van der Waals surface area contributed by atoms with Gasteiger partial charge in [0, 0.05) is 31.6 Å². The predicted molar refractivity (Wildman–Crippen MR) is 132 cm³/mol. The topological polar surface area (TPSA) is 111 Å². The average Bonchev–Trinajstić information content (AvgIpc) is 3.49. The zero-order valence-corrected chi connectivity index (χ0v) is 21.4. The van der Waals surface area contributed by atoms with E-state index in [4.69, 9.17) is 16.3 Å². The fraction of sp³-hybridized carbons (Fsp3) is 0.542. The molecule has 2 fully saturated rings. The molecule has 2 aromatic rings. The lowest BCUT2D eigenvalue weighted by molar-refractivity contribution is -0.136. The summed E-state index contributed by atoms with van der Waals surface area (Å²) in [5.41, 5.74) is 0.675. The molecule has 1 saturated heterocycles. The molecule has 9 nitrogen and oxygen atoms in total. The van der Waals surface area contributed by atoms with Crippen LogP contribution in [0, 0.1) is 5.92 Å². The number of rotatable bonds is 8. The van der Waals surface area contributed by atoms with Crippen LogP contribution in [0.5, 0.6) is 0 Å². The second kappa shape index (κ2) is 11.1. The fourth-order valence-electron chi connectivity index (χ4n) is 4.79. The third-order valence-corrected chi connectivity index (χ3v) is 8.25. The third kappa shape index (κ3) is 6.62. The number of carbonyl (C=O) groups is 2. The van der Waals surface area contributed by atoms with E-state index < -0.39 is 15.8 Å². The van der Waals surface area contributed by atoms with Crippen molar-refractivity contribution in [2.24, 2.45) is 5.92 Å². The minimum atomic E-state index is -3.47. The number of nitrogens with one attached hydrogen (secondary N) is 1. The number of carbonyl (C=O) groups excluding carboxylic acids is 2. The van der Waals surface area contributed by atoms with Crippen molar-refractivity contribution >= 4 is 39.1 Å². The van der Waals surface area contributed by atoms with E-state index in [1.807, 2.05) is 0 Å². The number of amides is 2. The summed E-state index contributed by atoms with van der Waals surface area (Å²) in [6, 6.07) is 6.38. The van der Waals surface area contributed by atoms with Crippen LogP contribution in [0.3, 0.4) is 0 Å². The highest BCUT2D eigenvalue weighted by atomic mass is 35.5. The average molecular weight is 523 g/mol. The lowest BCUT2D eigenvalue weighted by Gasteiger charge is -2.26. The summed E-state index contributed by atoms with van der Waals surface area (Å²) in [4.78, 5) is 27.6.